The standard InChI is InChI=1S/C12H14FNO2/c1-2-7-14(8-6-12(15)16)11-5-3-4-10(13)9-11/h2-5,9H,1,6-8H2,(H,15,16). The lowest BCUT2D eigenvalue weighted by Crippen LogP contribution is -2.26. The van der Waals surface area contributed by atoms with Gasteiger partial charge in [-0.25, -0.2) is 4.39 Å². The topological polar surface area (TPSA) is 40.5 Å². The monoisotopic (exact) mass is 223 g/mol. The first-order valence-electron chi connectivity index (χ1n) is 4.96. The molecule has 0 saturated carbocycles. The molecule has 0 aliphatic carbocycles. The number of carbonyl (C=O) groups is 1. The molecule has 0 fully saturated rings. The Morgan fingerprint density at radius 2 is 2.31 bits per heavy atom. The van der Waals surface area contributed by atoms with Crippen LogP contribution in [0, 0.1) is 5.82 Å². The number of aliphatic carboxylic acids is 1. The molecule has 1 aromatic rings. The number of anilines is 1. The van der Waals surface area contributed by atoms with Crippen molar-refractivity contribution < 1.29 is 14.3 Å². The van der Waals surface area contributed by atoms with Gasteiger partial charge in [0.1, 0.15) is 5.82 Å². The zero-order valence-electron chi connectivity index (χ0n) is 8.90. The van der Waals surface area contributed by atoms with Gasteiger partial charge in [-0.2, -0.15) is 0 Å². The Morgan fingerprint density at radius 1 is 1.56 bits per heavy atom. The molecule has 0 saturated heterocycles. The predicted molar refractivity (Wildman–Crippen MR) is 61.1 cm³/mol. The number of carboxylic acid groups (broad SMARTS) is 1. The summed E-state index contributed by atoms with van der Waals surface area (Å²) in [6.45, 7) is 4.43. The van der Waals surface area contributed by atoms with Crippen molar-refractivity contribution in [2.75, 3.05) is 18.0 Å². The van der Waals surface area contributed by atoms with Crippen molar-refractivity contribution in [3.63, 3.8) is 0 Å². The van der Waals surface area contributed by atoms with Gasteiger partial charge in [0.2, 0.25) is 0 Å². The first-order chi connectivity index (χ1) is 7.63. The van der Waals surface area contributed by atoms with E-state index in [-0.39, 0.29) is 12.2 Å². The van der Waals surface area contributed by atoms with E-state index in [9.17, 15) is 9.18 Å². The van der Waals surface area contributed by atoms with E-state index in [1.54, 1.807) is 23.1 Å². The summed E-state index contributed by atoms with van der Waals surface area (Å²) < 4.78 is 13.0. The average Bonchev–Trinajstić information content (AvgIpc) is 2.24. The van der Waals surface area contributed by atoms with E-state index in [0.29, 0.717) is 18.8 Å². The van der Waals surface area contributed by atoms with Crippen LogP contribution in [-0.2, 0) is 4.79 Å². The lowest BCUT2D eigenvalue weighted by molar-refractivity contribution is -0.136. The van der Waals surface area contributed by atoms with Gasteiger partial charge in [-0.05, 0) is 18.2 Å². The van der Waals surface area contributed by atoms with Crippen molar-refractivity contribution in [2.45, 2.75) is 6.42 Å². The van der Waals surface area contributed by atoms with Crippen LogP contribution in [0.3, 0.4) is 0 Å². The molecule has 0 aromatic heterocycles. The highest BCUT2D eigenvalue weighted by atomic mass is 19.1. The number of benzene rings is 1. The summed E-state index contributed by atoms with van der Waals surface area (Å²) in [7, 11) is 0. The van der Waals surface area contributed by atoms with E-state index in [1.807, 2.05) is 0 Å². The maximum atomic E-state index is 13.0. The molecule has 0 radical (unpaired) electrons. The largest absolute Gasteiger partial charge is 0.481 e. The number of nitrogens with zero attached hydrogens (tertiary/aromatic N) is 1. The molecule has 1 rings (SSSR count). The third kappa shape index (κ3) is 3.73. The Morgan fingerprint density at radius 3 is 2.88 bits per heavy atom. The van der Waals surface area contributed by atoms with Crippen molar-refractivity contribution in [1.29, 1.82) is 0 Å². The van der Waals surface area contributed by atoms with E-state index in [4.69, 9.17) is 5.11 Å². The lowest BCUT2D eigenvalue weighted by Gasteiger charge is -2.22. The number of hydrogen-bond donors (Lipinski definition) is 1. The van der Waals surface area contributed by atoms with Crippen LogP contribution in [0.15, 0.2) is 36.9 Å². The molecular weight excluding hydrogens is 209 g/mol. The number of hydrogen-bond acceptors (Lipinski definition) is 2. The fourth-order valence-electron chi connectivity index (χ4n) is 1.39. The predicted octanol–water partition coefficient (Wildman–Crippen LogP) is 2.29. The molecular formula is C12H14FNO2. The van der Waals surface area contributed by atoms with E-state index in [0.717, 1.165) is 0 Å². The highest BCUT2D eigenvalue weighted by Crippen LogP contribution is 2.15. The molecule has 0 amide bonds. The summed E-state index contributed by atoms with van der Waals surface area (Å²) in [5, 5.41) is 8.61. The maximum absolute atomic E-state index is 13.0. The van der Waals surface area contributed by atoms with Gasteiger partial charge in [0, 0.05) is 18.8 Å². The van der Waals surface area contributed by atoms with Crippen LogP contribution >= 0.6 is 0 Å². The van der Waals surface area contributed by atoms with Gasteiger partial charge >= 0.3 is 5.97 Å². The van der Waals surface area contributed by atoms with Crippen molar-refractivity contribution in [3.05, 3.63) is 42.7 Å². The van der Waals surface area contributed by atoms with Crippen molar-refractivity contribution in [1.82, 2.24) is 0 Å². The Hall–Kier alpha value is -1.84. The minimum absolute atomic E-state index is 0.0182. The summed E-state index contributed by atoms with van der Waals surface area (Å²) >= 11 is 0. The SMILES string of the molecule is C=CCN(CCC(=O)O)c1cccc(F)c1. The summed E-state index contributed by atoms with van der Waals surface area (Å²) in [6, 6.07) is 6.08. The first kappa shape index (κ1) is 12.2. The highest BCUT2D eigenvalue weighted by Gasteiger charge is 2.07. The molecule has 16 heavy (non-hydrogen) atoms. The summed E-state index contributed by atoms with van der Waals surface area (Å²) in [5.41, 5.74) is 0.668. The number of halogens is 1. The van der Waals surface area contributed by atoms with Crippen LogP contribution in [0.25, 0.3) is 0 Å². The quantitative estimate of drug-likeness (QED) is 0.752. The molecule has 4 heteroatoms. The third-order valence-corrected chi connectivity index (χ3v) is 2.12. The Labute approximate surface area is 93.8 Å². The van der Waals surface area contributed by atoms with Crippen molar-refractivity contribution in [2.24, 2.45) is 0 Å². The van der Waals surface area contributed by atoms with Gasteiger partial charge < -0.3 is 10.0 Å². The molecule has 3 nitrogen and oxygen atoms in total. The molecule has 0 spiro atoms. The number of carboxylic acids is 1. The van der Waals surface area contributed by atoms with Crippen LogP contribution in [-0.4, -0.2) is 24.2 Å². The molecule has 0 aliphatic heterocycles. The second-order valence-corrected chi connectivity index (χ2v) is 3.36. The molecule has 86 valence electrons. The molecule has 0 bridgehead atoms. The Balaban J connectivity index is 2.76. The molecule has 0 unspecified atom stereocenters. The molecule has 1 aromatic carbocycles. The number of rotatable bonds is 6. The van der Waals surface area contributed by atoms with E-state index in [2.05, 4.69) is 6.58 Å². The van der Waals surface area contributed by atoms with Crippen LogP contribution in [0.1, 0.15) is 6.42 Å². The first-order valence-corrected chi connectivity index (χ1v) is 4.96. The third-order valence-electron chi connectivity index (χ3n) is 2.12. The average molecular weight is 223 g/mol. The van der Waals surface area contributed by atoms with Crippen molar-refractivity contribution in [3.8, 4) is 0 Å². The Kier molecular flexibility index (Phi) is 4.51. The van der Waals surface area contributed by atoms with Gasteiger partial charge in [0.25, 0.3) is 0 Å². The summed E-state index contributed by atoms with van der Waals surface area (Å²) in [5.74, 6) is -1.20. The van der Waals surface area contributed by atoms with E-state index >= 15 is 0 Å². The smallest absolute Gasteiger partial charge is 0.305 e. The van der Waals surface area contributed by atoms with Gasteiger partial charge in [-0.3, -0.25) is 4.79 Å². The minimum Gasteiger partial charge on any atom is -0.481 e. The molecule has 1 N–H and O–H groups in total. The second-order valence-electron chi connectivity index (χ2n) is 3.36. The Bertz CT molecular complexity index is 379. The summed E-state index contributed by atoms with van der Waals surface area (Å²) in [4.78, 5) is 12.2. The minimum atomic E-state index is -0.870. The van der Waals surface area contributed by atoms with Crippen LogP contribution < -0.4 is 4.90 Å². The van der Waals surface area contributed by atoms with Gasteiger partial charge in [0.05, 0.1) is 6.42 Å². The molecule has 0 atom stereocenters. The molecule has 0 heterocycles. The zero-order valence-corrected chi connectivity index (χ0v) is 8.90. The highest BCUT2D eigenvalue weighted by molar-refractivity contribution is 5.67. The lowest BCUT2D eigenvalue weighted by atomic mass is 10.2. The van der Waals surface area contributed by atoms with E-state index in [1.165, 1.54) is 12.1 Å². The fraction of sp³-hybridized carbons (Fsp3) is 0.250. The zero-order chi connectivity index (χ0) is 12.0. The van der Waals surface area contributed by atoms with Crippen LogP contribution in [0.2, 0.25) is 0 Å². The second kappa shape index (κ2) is 5.90. The van der Waals surface area contributed by atoms with Crippen LogP contribution in [0.5, 0.6) is 0 Å². The summed E-state index contributed by atoms with van der Waals surface area (Å²) in [6.07, 6.45) is 1.68. The van der Waals surface area contributed by atoms with Crippen LogP contribution in [0.4, 0.5) is 10.1 Å². The maximum Gasteiger partial charge on any atom is 0.305 e. The normalized spacial score (nSPS) is 9.81. The van der Waals surface area contributed by atoms with Crippen molar-refractivity contribution >= 4 is 11.7 Å². The van der Waals surface area contributed by atoms with Gasteiger partial charge in [0.15, 0.2) is 0 Å². The van der Waals surface area contributed by atoms with Gasteiger partial charge in [-0.15, -0.1) is 6.58 Å². The molecule has 0 aliphatic rings. The van der Waals surface area contributed by atoms with Gasteiger partial charge in [-0.1, -0.05) is 12.1 Å². The fourth-order valence-corrected chi connectivity index (χ4v) is 1.39. The van der Waals surface area contributed by atoms with E-state index < -0.39 is 5.97 Å².